The molecule has 0 unspecified atom stereocenters. The summed E-state index contributed by atoms with van der Waals surface area (Å²) in [7, 11) is 0. The number of carbonyl (C=O) groups is 2. The molecule has 27 heavy (non-hydrogen) atoms. The lowest BCUT2D eigenvalue weighted by Crippen LogP contribution is -2.55. The molecule has 2 aromatic rings. The predicted octanol–water partition coefficient (Wildman–Crippen LogP) is 2.70. The van der Waals surface area contributed by atoms with Gasteiger partial charge in [0.2, 0.25) is 5.91 Å². The first kappa shape index (κ1) is 18.7. The smallest absolute Gasteiger partial charge is 0.260 e. The maximum Gasteiger partial charge on any atom is 0.260 e. The Morgan fingerprint density at radius 2 is 1.74 bits per heavy atom. The number of amides is 2. The standard InChI is InChI=1S/C20H21FN2O4/c1-2-26-18-10-6-4-8-16(18)22-20(25)14-11-23(12-14)19(24)13-27-17-9-5-3-7-15(17)21/h3-10,14H,2,11-13H2,1H3,(H,22,25). The van der Waals surface area contributed by atoms with E-state index < -0.39 is 5.82 Å². The number of rotatable bonds is 7. The summed E-state index contributed by atoms with van der Waals surface area (Å²) in [6.45, 7) is 2.73. The maximum absolute atomic E-state index is 13.5. The molecular formula is C20H21FN2O4. The maximum atomic E-state index is 13.5. The molecule has 0 aliphatic carbocycles. The van der Waals surface area contributed by atoms with Crippen molar-refractivity contribution >= 4 is 17.5 Å². The number of benzene rings is 2. The van der Waals surface area contributed by atoms with Crippen molar-refractivity contribution in [3.63, 3.8) is 0 Å². The lowest BCUT2D eigenvalue weighted by molar-refractivity contribution is -0.143. The molecule has 1 fully saturated rings. The van der Waals surface area contributed by atoms with Crippen LogP contribution in [-0.4, -0.2) is 43.0 Å². The number of para-hydroxylation sites is 3. The van der Waals surface area contributed by atoms with Gasteiger partial charge in [-0.2, -0.15) is 0 Å². The molecule has 2 aromatic carbocycles. The molecule has 0 atom stereocenters. The van der Waals surface area contributed by atoms with Crippen molar-refractivity contribution < 1.29 is 23.5 Å². The molecule has 0 radical (unpaired) electrons. The van der Waals surface area contributed by atoms with Gasteiger partial charge in [-0.05, 0) is 31.2 Å². The summed E-state index contributed by atoms with van der Waals surface area (Å²) in [6.07, 6.45) is 0. The number of hydrogen-bond acceptors (Lipinski definition) is 4. The number of hydrogen-bond donors (Lipinski definition) is 1. The van der Waals surface area contributed by atoms with Crippen LogP contribution >= 0.6 is 0 Å². The summed E-state index contributed by atoms with van der Waals surface area (Å²) in [5, 5.41) is 2.84. The Bertz CT molecular complexity index is 821. The van der Waals surface area contributed by atoms with Crippen molar-refractivity contribution in [2.45, 2.75) is 6.92 Å². The average molecular weight is 372 g/mol. The van der Waals surface area contributed by atoms with Gasteiger partial charge < -0.3 is 19.7 Å². The molecule has 142 valence electrons. The minimum Gasteiger partial charge on any atom is -0.492 e. The van der Waals surface area contributed by atoms with Gasteiger partial charge in [-0.25, -0.2) is 4.39 Å². The van der Waals surface area contributed by atoms with E-state index in [0.29, 0.717) is 31.1 Å². The van der Waals surface area contributed by atoms with E-state index in [0.717, 1.165) is 0 Å². The Morgan fingerprint density at radius 1 is 1.07 bits per heavy atom. The monoisotopic (exact) mass is 372 g/mol. The second-order valence-electron chi connectivity index (χ2n) is 6.13. The highest BCUT2D eigenvalue weighted by Crippen LogP contribution is 2.26. The van der Waals surface area contributed by atoms with Crippen LogP contribution in [-0.2, 0) is 9.59 Å². The Balaban J connectivity index is 1.47. The normalized spacial score (nSPS) is 13.6. The summed E-state index contributed by atoms with van der Waals surface area (Å²) in [6, 6.07) is 13.1. The zero-order valence-electron chi connectivity index (χ0n) is 15.0. The number of nitrogens with one attached hydrogen (secondary N) is 1. The fourth-order valence-corrected chi connectivity index (χ4v) is 2.73. The molecule has 0 saturated carbocycles. The summed E-state index contributed by atoms with van der Waals surface area (Å²) in [5.41, 5.74) is 0.608. The lowest BCUT2D eigenvalue weighted by atomic mass is 9.99. The molecule has 1 heterocycles. The molecular weight excluding hydrogens is 351 g/mol. The average Bonchev–Trinajstić information content (AvgIpc) is 2.61. The lowest BCUT2D eigenvalue weighted by Gasteiger charge is -2.38. The Morgan fingerprint density at radius 3 is 2.44 bits per heavy atom. The van der Waals surface area contributed by atoms with Gasteiger partial charge in [-0.1, -0.05) is 24.3 Å². The van der Waals surface area contributed by atoms with Crippen LogP contribution in [0.1, 0.15) is 6.92 Å². The first-order valence-electron chi connectivity index (χ1n) is 8.76. The minimum atomic E-state index is -0.515. The van der Waals surface area contributed by atoms with E-state index in [4.69, 9.17) is 9.47 Å². The molecule has 0 spiro atoms. The van der Waals surface area contributed by atoms with Crippen molar-refractivity contribution in [2.75, 3.05) is 31.6 Å². The highest BCUT2D eigenvalue weighted by atomic mass is 19.1. The molecule has 1 aliphatic rings. The largest absolute Gasteiger partial charge is 0.492 e. The van der Waals surface area contributed by atoms with Gasteiger partial charge >= 0.3 is 0 Å². The first-order valence-corrected chi connectivity index (χ1v) is 8.76. The van der Waals surface area contributed by atoms with E-state index in [1.54, 1.807) is 24.3 Å². The van der Waals surface area contributed by atoms with Gasteiger partial charge in [0.1, 0.15) is 5.75 Å². The zero-order chi connectivity index (χ0) is 19.2. The number of halogens is 1. The number of likely N-dealkylation sites (tertiary alicyclic amines) is 1. The number of nitrogens with zero attached hydrogens (tertiary/aromatic N) is 1. The van der Waals surface area contributed by atoms with Crippen LogP contribution in [0.25, 0.3) is 0 Å². The third kappa shape index (κ3) is 4.55. The first-order chi connectivity index (χ1) is 13.1. The Kier molecular flexibility index (Phi) is 5.90. The fraction of sp³-hybridized carbons (Fsp3) is 0.300. The SMILES string of the molecule is CCOc1ccccc1NC(=O)C1CN(C(=O)COc2ccccc2F)C1. The van der Waals surface area contributed by atoms with Gasteiger partial charge in [-0.15, -0.1) is 0 Å². The van der Waals surface area contributed by atoms with E-state index >= 15 is 0 Å². The van der Waals surface area contributed by atoms with Crippen molar-refractivity contribution in [2.24, 2.45) is 5.92 Å². The van der Waals surface area contributed by atoms with Crippen molar-refractivity contribution in [1.29, 1.82) is 0 Å². The van der Waals surface area contributed by atoms with Crippen LogP contribution in [0, 0.1) is 11.7 Å². The second-order valence-corrected chi connectivity index (χ2v) is 6.13. The highest BCUT2D eigenvalue weighted by Gasteiger charge is 2.36. The zero-order valence-corrected chi connectivity index (χ0v) is 15.0. The van der Waals surface area contributed by atoms with Crippen molar-refractivity contribution in [3.8, 4) is 11.5 Å². The van der Waals surface area contributed by atoms with Gasteiger partial charge in [0.15, 0.2) is 18.2 Å². The number of ether oxygens (including phenoxy) is 2. The third-order valence-electron chi connectivity index (χ3n) is 4.24. The molecule has 7 heteroatoms. The summed E-state index contributed by atoms with van der Waals surface area (Å²) < 4.78 is 24.2. The van der Waals surface area contributed by atoms with E-state index in [9.17, 15) is 14.0 Å². The molecule has 1 aliphatic heterocycles. The van der Waals surface area contributed by atoms with Crippen molar-refractivity contribution in [1.82, 2.24) is 4.90 Å². The van der Waals surface area contributed by atoms with Gasteiger partial charge in [0.25, 0.3) is 5.91 Å². The quantitative estimate of drug-likeness (QED) is 0.812. The number of anilines is 1. The highest BCUT2D eigenvalue weighted by molar-refractivity contribution is 5.96. The third-order valence-corrected chi connectivity index (χ3v) is 4.24. The topological polar surface area (TPSA) is 67.9 Å². The van der Waals surface area contributed by atoms with Crippen LogP contribution in [0.5, 0.6) is 11.5 Å². The molecule has 0 aromatic heterocycles. The fourth-order valence-electron chi connectivity index (χ4n) is 2.73. The van der Waals surface area contributed by atoms with Crippen LogP contribution in [0.3, 0.4) is 0 Å². The van der Waals surface area contributed by atoms with Crippen LogP contribution in [0.4, 0.5) is 10.1 Å². The van der Waals surface area contributed by atoms with Crippen LogP contribution < -0.4 is 14.8 Å². The van der Waals surface area contributed by atoms with Gasteiger partial charge in [0, 0.05) is 13.1 Å². The molecule has 3 rings (SSSR count). The Hall–Kier alpha value is -3.09. The summed E-state index contributed by atoms with van der Waals surface area (Å²) >= 11 is 0. The summed E-state index contributed by atoms with van der Waals surface area (Å²) in [4.78, 5) is 26.0. The molecule has 1 saturated heterocycles. The van der Waals surface area contributed by atoms with Crippen LogP contribution in [0.2, 0.25) is 0 Å². The second kappa shape index (κ2) is 8.53. The predicted molar refractivity (Wildman–Crippen MR) is 98.2 cm³/mol. The Labute approximate surface area is 156 Å². The van der Waals surface area contributed by atoms with E-state index in [-0.39, 0.29) is 30.1 Å². The van der Waals surface area contributed by atoms with E-state index in [1.807, 2.05) is 19.1 Å². The summed E-state index contributed by atoms with van der Waals surface area (Å²) in [5.74, 6) is -0.610. The van der Waals surface area contributed by atoms with Gasteiger partial charge in [0.05, 0.1) is 18.2 Å². The van der Waals surface area contributed by atoms with Gasteiger partial charge in [-0.3, -0.25) is 9.59 Å². The van der Waals surface area contributed by atoms with Crippen LogP contribution in [0.15, 0.2) is 48.5 Å². The molecule has 6 nitrogen and oxygen atoms in total. The minimum absolute atomic E-state index is 0.0354. The van der Waals surface area contributed by atoms with E-state index in [1.165, 1.54) is 17.0 Å². The van der Waals surface area contributed by atoms with Crippen molar-refractivity contribution in [3.05, 3.63) is 54.3 Å². The molecule has 1 N–H and O–H groups in total. The molecule has 2 amide bonds. The van der Waals surface area contributed by atoms with E-state index in [2.05, 4.69) is 5.32 Å². The number of carbonyl (C=O) groups excluding carboxylic acids is 2. The molecule has 0 bridgehead atoms.